The fourth-order valence-electron chi connectivity index (χ4n) is 1.80. The minimum atomic E-state index is -0.0967. The van der Waals surface area contributed by atoms with Crippen molar-refractivity contribution in [2.45, 2.75) is 25.7 Å². The van der Waals surface area contributed by atoms with E-state index >= 15 is 0 Å². The molecule has 1 aromatic carbocycles. The van der Waals surface area contributed by atoms with E-state index in [2.05, 4.69) is 14.1 Å². The summed E-state index contributed by atoms with van der Waals surface area (Å²) >= 11 is 13.2. The van der Waals surface area contributed by atoms with Crippen molar-refractivity contribution in [3.8, 4) is 0 Å². The highest BCUT2D eigenvalue weighted by molar-refractivity contribution is 7.00. The molecule has 0 aliphatic carbocycles. The van der Waals surface area contributed by atoms with E-state index < -0.39 is 0 Å². The number of benzene rings is 1. The summed E-state index contributed by atoms with van der Waals surface area (Å²) in [4.78, 5) is 11.9. The maximum Gasteiger partial charge on any atom is 0.224 e. The maximum atomic E-state index is 11.9. The number of carbonyl (C=O) groups is 1. The van der Waals surface area contributed by atoms with Crippen LogP contribution in [0.4, 0.5) is 5.69 Å². The third kappa shape index (κ3) is 3.58. The van der Waals surface area contributed by atoms with Gasteiger partial charge < -0.3 is 11.1 Å². The van der Waals surface area contributed by atoms with Gasteiger partial charge in [0, 0.05) is 6.42 Å². The van der Waals surface area contributed by atoms with Gasteiger partial charge in [0.25, 0.3) is 0 Å². The lowest BCUT2D eigenvalue weighted by Gasteiger charge is -2.08. The smallest absolute Gasteiger partial charge is 0.224 e. The molecule has 0 radical (unpaired) electrons. The van der Waals surface area contributed by atoms with Crippen LogP contribution in [0.1, 0.15) is 25.7 Å². The molecule has 1 aromatic heterocycles. The van der Waals surface area contributed by atoms with E-state index in [1.165, 1.54) is 0 Å². The van der Waals surface area contributed by atoms with Crippen molar-refractivity contribution in [2.75, 3.05) is 11.9 Å². The monoisotopic (exact) mass is 332 g/mol. The number of hydrogen-bond donors (Lipinski definition) is 2. The second-order valence-electron chi connectivity index (χ2n) is 4.32. The summed E-state index contributed by atoms with van der Waals surface area (Å²) < 4.78 is 8.22. The Balaban J connectivity index is 2.09. The molecule has 5 nitrogen and oxygen atoms in total. The first-order valence-corrected chi connectivity index (χ1v) is 7.72. The second-order valence-corrected chi connectivity index (χ2v) is 5.67. The van der Waals surface area contributed by atoms with Crippen molar-refractivity contribution >= 4 is 57.6 Å². The molecule has 0 aliphatic heterocycles. The molecule has 0 saturated carbocycles. The normalized spacial score (nSPS) is 10.9. The van der Waals surface area contributed by atoms with Gasteiger partial charge in [0.2, 0.25) is 5.91 Å². The lowest BCUT2D eigenvalue weighted by atomic mass is 10.2. The minimum absolute atomic E-state index is 0.0967. The predicted octanol–water partition coefficient (Wildman–Crippen LogP) is 3.46. The van der Waals surface area contributed by atoms with Crippen LogP contribution >= 0.6 is 34.9 Å². The molecule has 8 heteroatoms. The number of amides is 1. The molecule has 20 heavy (non-hydrogen) atoms. The standard InChI is InChI=1S/C12H14Cl2N4OS/c13-7-6-8(14)11-12(18-20-17-11)10(7)16-9(19)4-2-1-3-5-15/h6H,1-5,15H2,(H,16,19). The zero-order valence-corrected chi connectivity index (χ0v) is 13.0. The Morgan fingerprint density at radius 2 is 1.95 bits per heavy atom. The van der Waals surface area contributed by atoms with E-state index in [1.807, 2.05) is 0 Å². The van der Waals surface area contributed by atoms with E-state index in [0.29, 0.717) is 39.7 Å². The average Bonchev–Trinajstić information content (AvgIpc) is 2.89. The van der Waals surface area contributed by atoms with Crippen LogP contribution in [-0.2, 0) is 4.79 Å². The average molecular weight is 333 g/mol. The molecule has 3 N–H and O–H groups in total. The summed E-state index contributed by atoms with van der Waals surface area (Å²) in [6, 6.07) is 1.57. The summed E-state index contributed by atoms with van der Waals surface area (Å²) in [6.45, 7) is 0.649. The number of carbonyl (C=O) groups excluding carboxylic acids is 1. The van der Waals surface area contributed by atoms with E-state index in [4.69, 9.17) is 28.9 Å². The molecule has 0 bridgehead atoms. The first kappa shape index (κ1) is 15.4. The van der Waals surface area contributed by atoms with Crippen LogP contribution in [0.25, 0.3) is 11.0 Å². The second kappa shape index (κ2) is 7.17. The van der Waals surface area contributed by atoms with Crippen LogP contribution < -0.4 is 11.1 Å². The molecule has 108 valence electrons. The Morgan fingerprint density at radius 1 is 1.20 bits per heavy atom. The van der Waals surface area contributed by atoms with E-state index in [-0.39, 0.29) is 5.91 Å². The number of aromatic nitrogens is 2. The van der Waals surface area contributed by atoms with Gasteiger partial charge >= 0.3 is 0 Å². The van der Waals surface area contributed by atoms with Crippen LogP contribution in [-0.4, -0.2) is 21.2 Å². The Hall–Kier alpha value is -0.950. The number of anilines is 1. The predicted molar refractivity (Wildman–Crippen MR) is 83.6 cm³/mol. The number of unbranched alkanes of at least 4 members (excludes halogenated alkanes) is 2. The van der Waals surface area contributed by atoms with Crippen molar-refractivity contribution in [3.63, 3.8) is 0 Å². The van der Waals surface area contributed by atoms with Gasteiger partial charge in [-0.05, 0) is 25.5 Å². The molecule has 1 heterocycles. The van der Waals surface area contributed by atoms with E-state index in [9.17, 15) is 4.79 Å². The number of nitrogens with two attached hydrogens (primary N) is 1. The first-order chi connectivity index (χ1) is 9.63. The molecule has 2 rings (SSSR count). The Kier molecular flexibility index (Phi) is 5.54. The Morgan fingerprint density at radius 3 is 2.70 bits per heavy atom. The van der Waals surface area contributed by atoms with Crippen molar-refractivity contribution in [3.05, 3.63) is 16.1 Å². The van der Waals surface area contributed by atoms with Gasteiger partial charge in [0.05, 0.1) is 27.5 Å². The molecular formula is C12H14Cl2N4OS. The van der Waals surface area contributed by atoms with Gasteiger partial charge in [-0.2, -0.15) is 8.75 Å². The lowest BCUT2D eigenvalue weighted by Crippen LogP contribution is -2.12. The molecule has 2 aromatic rings. The number of hydrogen-bond acceptors (Lipinski definition) is 5. The fraction of sp³-hybridized carbons (Fsp3) is 0.417. The zero-order chi connectivity index (χ0) is 14.5. The van der Waals surface area contributed by atoms with Crippen LogP contribution in [0.15, 0.2) is 6.07 Å². The van der Waals surface area contributed by atoms with Gasteiger partial charge in [0.15, 0.2) is 0 Å². The Bertz CT molecular complexity index is 617. The van der Waals surface area contributed by atoms with Crippen LogP contribution in [0.5, 0.6) is 0 Å². The summed E-state index contributed by atoms with van der Waals surface area (Å²) in [7, 11) is 0. The van der Waals surface area contributed by atoms with Crippen molar-refractivity contribution < 1.29 is 4.79 Å². The first-order valence-electron chi connectivity index (χ1n) is 6.23. The molecule has 0 spiro atoms. The van der Waals surface area contributed by atoms with Gasteiger partial charge in [0.1, 0.15) is 11.0 Å². The number of fused-ring (bicyclic) bond motifs is 1. The molecule has 0 aliphatic rings. The number of rotatable bonds is 6. The van der Waals surface area contributed by atoms with Crippen LogP contribution in [0.2, 0.25) is 10.0 Å². The fourth-order valence-corrected chi connectivity index (χ4v) is 2.96. The number of nitrogens with zero attached hydrogens (tertiary/aromatic N) is 2. The van der Waals surface area contributed by atoms with Crippen LogP contribution in [0, 0.1) is 0 Å². The molecule has 1 amide bonds. The molecule has 0 atom stereocenters. The summed E-state index contributed by atoms with van der Waals surface area (Å²) in [5.41, 5.74) is 6.97. The third-order valence-corrected chi connectivity index (χ3v) is 3.93. The van der Waals surface area contributed by atoms with Crippen molar-refractivity contribution in [1.82, 2.24) is 8.75 Å². The maximum absolute atomic E-state index is 11.9. The van der Waals surface area contributed by atoms with Gasteiger partial charge in [-0.25, -0.2) is 0 Å². The van der Waals surface area contributed by atoms with Crippen molar-refractivity contribution in [2.24, 2.45) is 5.73 Å². The minimum Gasteiger partial charge on any atom is -0.330 e. The quantitative estimate of drug-likeness (QED) is 0.793. The van der Waals surface area contributed by atoms with E-state index in [1.54, 1.807) is 6.07 Å². The van der Waals surface area contributed by atoms with Crippen LogP contribution in [0.3, 0.4) is 0 Å². The summed E-state index contributed by atoms with van der Waals surface area (Å²) in [5.74, 6) is -0.0967. The highest BCUT2D eigenvalue weighted by Gasteiger charge is 2.15. The summed E-state index contributed by atoms with van der Waals surface area (Å²) in [6.07, 6.45) is 3.09. The Labute approximate surface area is 130 Å². The topological polar surface area (TPSA) is 80.9 Å². The summed E-state index contributed by atoms with van der Waals surface area (Å²) in [5, 5.41) is 3.58. The molecular weight excluding hydrogens is 319 g/mol. The molecule has 0 unspecified atom stereocenters. The lowest BCUT2D eigenvalue weighted by molar-refractivity contribution is -0.116. The highest BCUT2D eigenvalue weighted by Crippen LogP contribution is 2.35. The zero-order valence-electron chi connectivity index (χ0n) is 10.7. The van der Waals surface area contributed by atoms with Gasteiger partial charge in [-0.3, -0.25) is 4.79 Å². The largest absolute Gasteiger partial charge is 0.330 e. The van der Waals surface area contributed by atoms with Gasteiger partial charge in [-0.15, -0.1) is 0 Å². The SMILES string of the molecule is NCCCCCC(=O)Nc1c(Cl)cc(Cl)c2nsnc12. The molecule has 0 fully saturated rings. The number of halogens is 2. The molecule has 0 saturated heterocycles. The number of nitrogens with one attached hydrogen (secondary N) is 1. The van der Waals surface area contributed by atoms with E-state index in [0.717, 1.165) is 31.0 Å². The van der Waals surface area contributed by atoms with Crippen molar-refractivity contribution in [1.29, 1.82) is 0 Å². The van der Waals surface area contributed by atoms with Gasteiger partial charge in [-0.1, -0.05) is 29.6 Å². The highest BCUT2D eigenvalue weighted by atomic mass is 35.5. The third-order valence-electron chi connectivity index (χ3n) is 2.82.